The summed E-state index contributed by atoms with van der Waals surface area (Å²) >= 11 is 12.5. The summed E-state index contributed by atoms with van der Waals surface area (Å²) in [5, 5.41) is 10.4. The predicted octanol–water partition coefficient (Wildman–Crippen LogP) is 6.67. The van der Waals surface area contributed by atoms with E-state index in [1.807, 2.05) is 60.7 Å². The molecule has 1 N–H and O–H groups in total. The number of ether oxygens (including phenoxy) is 1. The Morgan fingerprint density at radius 2 is 1.55 bits per heavy atom. The first-order chi connectivity index (χ1) is 15.0. The van der Waals surface area contributed by atoms with E-state index in [2.05, 4.69) is 11.0 Å². The molecule has 4 nitrogen and oxygen atoms in total. The van der Waals surface area contributed by atoms with Gasteiger partial charge in [-0.1, -0.05) is 59.6 Å². The summed E-state index contributed by atoms with van der Waals surface area (Å²) in [5.41, 5.74) is 2.07. The summed E-state index contributed by atoms with van der Waals surface area (Å²) in [6.45, 7) is 1.37. The van der Waals surface area contributed by atoms with Gasteiger partial charge in [-0.25, -0.2) is 0 Å². The summed E-state index contributed by atoms with van der Waals surface area (Å²) < 4.78 is 6.04. The van der Waals surface area contributed by atoms with Crippen LogP contribution in [0.4, 0.5) is 0 Å². The van der Waals surface area contributed by atoms with Gasteiger partial charge in [0.15, 0.2) is 0 Å². The average molecular weight is 456 g/mol. The van der Waals surface area contributed by atoms with Crippen molar-refractivity contribution in [1.82, 2.24) is 4.90 Å². The molecule has 1 heterocycles. The Labute approximate surface area is 192 Å². The van der Waals surface area contributed by atoms with Crippen molar-refractivity contribution in [3.8, 4) is 11.5 Å². The van der Waals surface area contributed by atoms with Crippen molar-refractivity contribution < 1.29 is 14.6 Å². The van der Waals surface area contributed by atoms with Gasteiger partial charge in [0.1, 0.15) is 11.5 Å². The molecule has 1 aliphatic rings. The fourth-order valence-corrected chi connectivity index (χ4v) is 4.38. The van der Waals surface area contributed by atoms with Crippen molar-refractivity contribution in [1.29, 1.82) is 0 Å². The van der Waals surface area contributed by atoms with Gasteiger partial charge in [0, 0.05) is 0 Å². The van der Waals surface area contributed by atoms with Crippen LogP contribution in [-0.4, -0.2) is 29.1 Å². The number of carbonyl (C=O) groups is 1. The number of para-hydroxylation sites is 1. The van der Waals surface area contributed by atoms with Gasteiger partial charge in [-0.2, -0.15) is 0 Å². The van der Waals surface area contributed by atoms with Crippen LogP contribution in [0.2, 0.25) is 10.0 Å². The van der Waals surface area contributed by atoms with Crippen molar-refractivity contribution in [2.24, 2.45) is 5.92 Å². The fourth-order valence-electron chi connectivity index (χ4n) is 4.07. The van der Waals surface area contributed by atoms with Crippen molar-refractivity contribution in [3.05, 3.63) is 94.0 Å². The van der Waals surface area contributed by atoms with E-state index in [4.69, 9.17) is 27.9 Å². The summed E-state index contributed by atoms with van der Waals surface area (Å²) in [5.74, 6) is 0.504. The van der Waals surface area contributed by atoms with E-state index in [0.717, 1.165) is 22.6 Å². The Morgan fingerprint density at radius 1 is 0.871 bits per heavy atom. The standard InChI is InChI=1S/C25H23Cl2NO3/c26-22-10-9-19(16-23(22)27)24(28-13-11-17(12-14-28)25(29)30)18-5-4-8-21(15-18)31-20-6-2-1-3-7-20/h1-10,15-17,24H,11-14H2,(H,29,30). The molecule has 1 saturated heterocycles. The third-order valence-corrected chi connectivity index (χ3v) is 6.40. The summed E-state index contributed by atoms with van der Waals surface area (Å²) in [6.07, 6.45) is 1.24. The molecule has 1 unspecified atom stereocenters. The molecule has 1 aliphatic heterocycles. The Balaban J connectivity index is 1.66. The van der Waals surface area contributed by atoms with Crippen LogP contribution in [-0.2, 0) is 4.79 Å². The largest absolute Gasteiger partial charge is 0.481 e. The number of piperidine rings is 1. The molecular weight excluding hydrogens is 433 g/mol. The highest BCUT2D eigenvalue weighted by atomic mass is 35.5. The maximum Gasteiger partial charge on any atom is 0.306 e. The maximum absolute atomic E-state index is 11.4. The lowest BCUT2D eigenvalue weighted by atomic mass is 9.91. The quantitative estimate of drug-likeness (QED) is 0.450. The van der Waals surface area contributed by atoms with E-state index in [1.54, 1.807) is 6.07 Å². The highest BCUT2D eigenvalue weighted by Crippen LogP contribution is 2.37. The second-order valence-electron chi connectivity index (χ2n) is 7.71. The summed E-state index contributed by atoms with van der Waals surface area (Å²) in [6, 6.07) is 23.2. The van der Waals surface area contributed by atoms with Crippen molar-refractivity contribution in [2.75, 3.05) is 13.1 Å². The lowest BCUT2D eigenvalue weighted by molar-refractivity contribution is -0.143. The number of carboxylic acids is 1. The molecule has 160 valence electrons. The Kier molecular flexibility index (Phi) is 6.81. The van der Waals surface area contributed by atoms with Crippen LogP contribution in [0.25, 0.3) is 0 Å². The first-order valence-electron chi connectivity index (χ1n) is 10.3. The second kappa shape index (κ2) is 9.73. The molecule has 3 aromatic carbocycles. The minimum atomic E-state index is -0.719. The molecule has 0 radical (unpaired) electrons. The molecule has 0 amide bonds. The molecule has 0 aliphatic carbocycles. The number of likely N-dealkylation sites (tertiary alicyclic amines) is 1. The van der Waals surface area contributed by atoms with Crippen LogP contribution in [0, 0.1) is 5.92 Å². The van der Waals surface area contributed by atoms with Crippen LogP contribution in [0.3, 0.4) is 0 Å². The van der Waals surface area contributed by atoms with Gasteiger partial charge >= 0.3 is 5.97 Å². The number of hydrogen-bond donors (Lipinski definition) is 1. The van der Waals surface area contributed by atoms with Gasteiger partial charge in [-0.3, -0.25) is 9.69 Å². The molecule has 3 aromatic rings. The Bertz CT molecular complexity index is 1050. The smallest absolute Gasteiger partial charge is 0.306 e. The van der Waals surface area contributed by atoms with Gasteiger partial charge in [0.05, 0.1) is 22.0 Å². The lowest BCUT2D eigenvalue weighted by Crippen LogP contribution is -2.39. The molecule has 4 rings (SSSR count). The third kappa shape index (κ3) is 5.21. The van der Waals surface area contributed by atoms with Gasteiger partial charge in [-0.05, 0) is 73.5 Å². The Hall–Kier alpha value is -2.53. The van der Waals surface area contributed by atoms with Crippen molar-refractivity contribution >= 4 is 29.2 Å². The second-order valence-corrected chi connectivity index (χ2v) is 8.53. The molecule has 1 fully saturated rings. The average Bonchev–Trinajstić information content (AvgIpc) is 2.78. The highest BCUT2D eigenvalue weighted by molar-refractivity contribution is 6.42. The van der Waals surface area contributed by atoms with Crippen molar-refractivity contribution in [2.45, 2.75) is 18.9 Å². The maximum atomic E-state index is 11.4. The molecule has 0 aromatic heterocycles. The number of halogens is 2. The van der Waals surface area contributed by atoms with E-state index >= 15 is 0 Å². The van der Waals surface area contributed by atoms with E-state index in [9.17, 15) is 9.90 Å². The van der Waals surface area contributed by atoms with Crippen LogP contribution in [0.1, 0.15) is 30.0 Å². The van der Waals surface area contributed by atoms with Gasteiger partial charge in [0.2, 0.25) is 0 Å². The van der Waals surface area contributed by atoms with Crippen LogP contribution >= 0.6 is 23.2 Å². The summed E-state index contributed by atoms with van der Waals surface area (Å²) in [4.78, 5) is 13.7. The molecule has 31 heavy (non-hydrogen) atoms. The predicted molar refractivity (Wildman–Crippen MR) is 123 cm³/mol. The van der Waals surface area contributed by atoms with Crippen molar-refractivity contribution in [3.63, 3.8) is 0 Å². The molecular formula is C25H23Cl2NO3. The zero-order valence-electron chi connectivity index (χ0n) is 16.9. The summed E-state index contributed by atoms with van der Waals surface area (Å²) in [7, 11) is 0. The minimum Gasteiger partial charge on any atom is -0.481 e. The number of carboxylic acid groups (broad SMARTS) is 1. The molecule has 1 atom stereocenters. The number of aliphatic carboxylic acids is 1. The fraction of sp³-hybridized carbons (Fsp3) is 0.240. The molecule has 0 spiro atoms. The first-order valence-corrected chi connectivity index (χ1v) is 11.0. The van der Waals surface area contributed by atoms with E-state index in [0.29, 0.717) is 36.0 Å². The van der Waals surface area contributed by atoms with Crippen LogP contribution < -0.4 is 4.74 Å². The van der Waals surface area contributed by atoms with Gasteiger partial charge in [0.25, 0.3) is 0 Å². The van der Waals surface area contributed by atoms with Crippen LogP contribution in [0.15, 0.2) is 72.8 Å². The zero-order valence-corrected chi connectivity index (χ0v) is 18.4. The van der Waals surface area contributed by atoms with E-state index in [-0.39, 0.29) is 12.0 Å². The SMILES string of the molecule is O=C(O)C1CCN(C(c2cccc(Oc3ccccc3)c2)c2ccc(Cl)c(Cl)c2)CC1. The molecule has 6 heteroatoms. The zero-order chi connectivity index (χ0) is 21.8. The topological polar surface area (TPSA) is 49.8 Å². The molecule has 0 saturated carbocycles. The normalized spacial score (nSPS) is 16.1. The molecule has 0 bridgehead atoms. The highest BCUT2D eigenvalue weighted by Gasteiger charge is 2.30. The first kappa shape index (κ1) is 21.7. The third-order valence-electron chi connectivity index (χ3n) is 5.66. The monoisotopic (exact) mass is 455 g/mol. The minimum absolute atomic E-state index is 0.0798. The Morgan fingerprint density at radius 3 is 2.23 bits per heavy atom. The lowest BCUT2D eigenvalue weighted by Gasteiger charge is -2.37. The van der Waals surface area contributed by atoms with E-state index in [1.165, 1.54) is 0 Å². The number of hydrogen-bond acceptors (Lipinski definition) is 3. The number of rotatable bonds is 6. The number of benzene rings is 3. The number of nitrogens with zero attached hydrogens (tertiary/aromatic N) is 1. The van der Waals surface area contributed by atoms with Gasteiger partial charge in [-0.15, -0.1) is 0 Å². The van der Waals surface area contributed by atoms with Crippen LogP contribution in [0.5, 0.6) is 11.5 Å². The van der Waals surface area contributed by atoms with E-state index < -0.39 is 5.97 Å². The van der Waals surface area contributed by atoms with Gasteiger partial charge < -0.3 is 9.84 Å².